The van der Waals surface area contributed by atoms with E-state index in [4.69, 9.17) is 39.5 Å². The summed E-state index contributed by atoms with van der Waals surface area (Å²) in [6.45, 7) is 3.08. The molecule has 0 bridgehead atoms. The molecule has 168 valence electrons. The summed E-state index contributed by atoms with van der Waals surface area (Å²) < 4.78 is 34.2. The van der Waals surface area contributed by atoms with E-state index in [0.717, 1.165) is 5.69 Å². The molecule has 7 nitrogen and oxygen atoms in total. The number of hydrogen-bond acceptors (Lipinski definition) is 5. The Balaban J connectivity index is 1.65. The van der Waals surface area contributed by atoms with E-state index in [0.29, 0.717) is 40.3 Å². The Bertz CT molecular complexity index is 1270. The van der Waals surface area contributed by atoms with Gasteiger partial charge in [-0.1, -0.05) is 34.8 Å². The van der Waals surface area contributed by atoms with Crippen LogP contribution in [0.1, 0.15) is 11.3 Å². The van der Waals surface area contributed by atoms with Crippen molar-refractivity contribution in [2.75, 3.05) is 26.3 Å². The average Bonchev–Trinajstić information content (AvgIpc) is 3.07. The highest BCUT2D eigenvalue weighted by molar-refractivity contribution is 7.89. The fourth-order valence-corrected chi connectivity index (χ4v) is 5.60. The summed E-state index contributed by atoms with van der Waals surface area (Å²) in [6.07, 6.45) is 1.56. The van der Waals surface area contributed by atoms with Crippen LogP contribution in [-0.4, -0.2) is 55.0 Å². The lowest BCUT2D eigenvalue weighted by molar-refractivity contribution is 0.0730. The molecule has 0 saturated carbocycles. The first-order chi connectivity index (χ1) is 15.3. The number of rotatable bonds is 5. The predicted molar refractivity (Wildman–Crippen MR) is 127 cm³/mol. The first-order valence-electron chi connectivity index (χ1n) is 9.70. The molecule has 1 saturated heterocycles. The van der Waals surface area contributed by atoms with Crippen molar-refractivity contribution in [1.29, 1.82) is 0 Å². The molecule has 0 atom stereocenters. The Labute approximate surface area is 201 Å². The Morgan fingerprint density at radius 2 is 1.75 bits per heavy atom. The van der Waals surface area contributed by atoms with Crippen molar-refractivity contribution in [3.05, 3.63) is 68.9 Å². The number of benzene rings is 2. The topological polar surface area (TPSA) is 76.8 Å². The van der Waals surface area contributed by atoms with Crippen LogP contribution >= 0.6 is 34.8 Å². The first kappa shape index (κ1) is 23.2. The molecule has 0 spiro atoms. The highest BCUT2D eigenvalue weighted by atomic mass is 35.5. The number of ether oxygens (including phenoxy) is 1. The van der Waals surface area contributed by atoms with Crippen LogP contribution in [0.4, 0.5) is 5.69 Å². The van der Waals surface area contributed by atoms with Gasteiger partial charge in [-0.25, -0.2) is 13.1 Å². The second-order valence-corrected chi connectivity index (χ2v) is 10.2. The molecule has 0 aliphatic carbocycles. The van der Waals surface area contributed by atoms with Crippen molar-refractivity contribution in [3.63, 3.8) is 0 Å². The lowest BCUT2D eigenvalue weighted by Gasteiger charge is -2.26. The van der Waals surface area contributed by atoms with Crippen molar-refractivity contribution < 1.29 is 13.2 Å². The van der Waals surface area contributed by atoms with Gasteiger partial charge in [-0.15, -0.1) is 0 Å². The van der Waals surface area contributed by atoms with Crippen molar-refractivity contribution >= 4 is 56.7 Å². The van der Waals surface area contributed by atoms with Crippen LogP contribution in [0.5, 0.6) is 0 Å². The molecule has 1 aliphatic rings. The summed E-state index contributed by atoms with van der Waals surface area (Å²) >= 11 is 18.7. The zero-order valence-corrected chi connectivity index (χ0v) is 20.1. The number of aromatic nitrogens is 2. The molecule has 11 heteroatoms. The molecular weight excluding hydrogens is 495 g/mol. The zero-order chi connectivity index (χ0) is 22.9. The van der Waals surface area contributed by atoms with Gasteiger partial charge in [0.05, 0.1) is 40.9 Å². The van der Waals surface area contributed by atoms with E-state index < -0.39 is 10.0 Å². The van der Waals surface area contributed by atoms with Gasteiger partial charge in [0, 0.05) is 24.3 Å². The maximum atomic E-state index is 13.0. The molecule has 0 amide bonds. The van der Waals surface area contributed by atoms with Crippen LogP contribution in [0.3, 0.4) is 0 Å². The lowest BCUT2D eigenvalue weighted by atomic mass is 10.3. The zero-order valence-electron chi connectivity index (χ0n) is 17.0. The second kappa shape index (κ2) is 9.51. The predicted octanol–water partition coefficient (Wildman–Crippen LogP) is 4.91. The smallest absolute Gasteiger partial charge is 0.244 e. The third kappa shape index (κ3) is 4.71. The highest BCUT2D eigenvalue weighted by Gasteiger charge is 2.28. The number of nitrogens with zero attached hydrogens (tertiary/aromatic N) is 4. The highest BCUT2D eigenvalue weighted by Crippen LogP contribution is 2.30. The molecular formula is C21H19Cl3N4O3S. The number of aliphatic imine (C=N–C) groups is 1. The maximum absolute atomic E-state index is 13.0. The third-order valence-corrected chi connectivity index (χ3v) is 7.96. The van der Waals surface area contributed by atoms with Gasteiger partial charge in [0.15, 0.2) is 0 Å². The number of sulfonamides is 1. The third-order valence-electron chi connectivity index (χ3n) is 4.96. The van der Waals surface area contributed by atoms with Crippen molar-refractivity contribution in [2.24, 2.45) is 4.99 Å². The van der Waals surface area contributed by atoms with E-state index >= 15 is 0 Å². The Morgan fingerprint density at radius 3 is 2.44 bits per heavy atom. The molecule has 1 aromatic heterocycles. The molecule has 3 aromatic rings. The fourth-order valence-electron chi connectivity index (χ4n) is 3.25. The first-order valence-corrected chi connectivity index (χ1v) is 12.3. The van der Waals surface area contributed by atoms with Gasteiger partial charge < -0.3 is 4.74 Å². The van der Waals surface area contributed by atoms with Crippen LogP contribution in [0, 0.1) is 6.92 Å². The van der Waals surface area contributed by atoms with Crippen LogP contribution in [-0.2, 0) is 14.8 Å². The lowest BCUT2D eigenvalue weighted by Crippen LogP contribution is -2.40. The summed E-state index contributed by atoms with van der Waals surface area (Å²) in [5.41, 5.74) is 2.47. The van der Waals surface area contributed by atoms with E-state index in [-0.39, 0.29) is 23.0 Å². The van der Waals surface area contributed by atoms with E-state index in [1.54, 1.807) is 29.1 Å². The standard InChI is InChI=1S/C21H19Cl3N4O3S/c1-14-18(21(24)28(26-14)17-5-2-15(22)3-6-17)13-25-16-4-7-19(23)20(12-16)32(29,30)27-8-10-31-11-9-27/h2-7,12-13H,8-11H2,1H3. The van der Waals surface area contributed by atoms with Gasteiger partial charge in [-0.2, -0.15) is 9.40 Å². The monoisotopic (exact) mass is 512 g/mol. The van der Waals surface area contributed by atoms with Gasteiger partial charge in [0.25, 0.3) is 0 Å². The average molecular weight is 514 g/mol. The molecule has 32 heavy (non-hydrogen) atoms. The number of hydrogen-bond donors (Lipinski definition) is 0. The largest absolute Gasteiger partial charge is 0.379 e. The number of halogens is 3. The molecule has 1 aliphatic heterocycles. The van der Waals surface area contributed by atoms with Crippen LogP contribution in [0.15, 0.2) is 52.4 Å². The number of morpholine rings is 1. The Morgan fingerprint density at radius 1 is 1.06 bits per heavy atom. The Hall–Kier alpha value is -1.94. The molecule has 2 heterocycles. The van der Waals surface area contributed by atoms with E-state index in [2.05, 4.69) is 10.1 Å². The molecule has 1 fully saturated rings. The van der Waals surface area contributed by atoms with Gasteiger partial charge in [0.1, 0.15) is 10.0 Å². The molecule has 0 unspecified atom stereocenters. The van der Waals surface area contributed by atoms with Crippen molar-refractivity contribution in [1.82, 2.24) is 14.1 Å². The quantitative estimate of drug-likeness (QED) is 0.454. The van der Waals surface area contributed by atoms with Crippen LogP contribution in [0.25, 0.3) is 5.69 Å². The summed E-state index contributed by atoms with van der Waals surface area (Å²) in [6, 6.07) is 11.7. The van der Waals surface area contributed by atoms with Gasteiger partial charge in [-0.3, -0.25) is 4.99 Å². The van der Waals surface area contributed by atoms with Gasteiger partial charge in [0.2, 0.25) is 10.0 Å². The Kier molecular flexibility index (Phi) is 6.90. The van der Waals surface area contributed by atoms with E-state index in [1.165, 1.54) is 16.4 Å². The van der Waals surface area contributed by atoms with Crippen molar-refractivity contribution in [2.45, 2.75) is 11.8 Å². The van der Waals surface area contributed by atoms with Crippen molar-refractivity contribution in [3.8, 4) is 5.69 Å². The summed E-state index contributed by atoms with van der Waals surface area (Å²) in [5.74, 6) is 0. The molecule has 4 rings (SSSR count). The normalized spacial score (nSPS) is 15.5. The summed E-state index contributed by atoms with van der Waals surface area (Å²) in [4.78, 5) is 4.44. The molecule has 0 N–H and O–H groups in total. The van der Waals surface area contributed by atoms with E-state index in [9.17, 15) is 8.42 Å². The van der Waals surface area contributed by atoms with Gasteiger partial charge in [-0.05, 0) is 49.4 Å². The van der Waals surface area contributed by atoms with E-state index in [1.807, 2.05) is 19.1 Å². The SMILES string of the molecule is Cc1nn(-c2ccc(Cl)cc2)c(Cl)c1C=Nc1ccc(Cl)c(S(=O)(=O)N2CCOCC2)c1. The number of aryl methyl sites for hydroxylation is 1. The minimum absolute atomic E-state index is 0.00962. The minimum Gasteiger partial charge on any atom is -0.379 e. The summed E-state index contributed by atoms with van der Waals surface area (Å²) in [5, 5.41) is 5.60. The second-order valence-electron chi connectivity index (χ2n) is 7.07. The minimum atomic E-state index is -3.76. The fraction of sp³-hybridized carbons (Fsp3) is 0.238. The van der Waals surface area contributed by atoms with Crippen LogP contribution in [0.2, 0.25) is 15.2 Å². The maximum Gasteiger partial charge on any atom is 0.244 e. The van der Waals surface area contributed by atoms with Crippen LogP contribution < -0.4 is 0 Å². The molecule has 0 radical (unpaired) electrons. The molecule has 2 aromatic carbocycles. The van der Waals surface area contributed by atoms with Gasteiger partial charge >= 0.3 is 0 Å². The summed E-state index contributed by atoms with van der Waals surface area (Å²) in [7, 11) is -3.76.